The van der Waals surface area contributed by atoms with Crippen molar-refractivity contribution in [2.75, 3.05) is 11.9 Å². The summed E-state index contributed by atoms with van der Waals surface area (Å²) in [7, 11) is 1.98. The van der Waals surface area contributed by atoms with Crippen molar-refractivity contribution in [1.29, 1.82) is 0 Å². The number of benzene rings is 2. The van der Waals surface area contributed by atoms with Gasteiger partial charge in [0.1, 0.15) is 11.0 Å². The average molecular weight is 490 g/mol. The number of thioether (sulfide) groups is 1. The summed E-state index contributed by atoms with van der Waals surface area (Å²) in [5, 5.41) is 3.91. The Bertz CT molecular complexity index is 1220. The molecule has 0 atom stereocenters. The molecule has 0 radical (unpaired) electrons. The Morgan fingerprint density at radius 1 is 0.971 bits per heavy atom. The summed E-state index contributed by atoms with van der Waals surface area (Å²) in [5.41, 5.74) is 3.68. The lowest BCUT2D eigenvalue weighted by atomic mass is 10.1. The first kappa shape index (κ1) is 23.7. The zero-order valence-electron chi connectivity index (χ0n) is 18.7. The highest BCUT2D eigenvalue weighted by atomic mass is 35.5. The first-order chi connectivity index (χ1) is 16.6. The second-order valence-electron chi connectivity index (χ2n) is 7.66. The maximum Gasteiger partial charge on any atom is 0.251 e. The Labute approximate surface area is 208 Å². The van der Waals surface area contributed by atoms with Crippen LogP contribution >= 0.6 is 23.4 Å². The van der Waals surface area contributed by atoms with E-state index in [-0.39, 0.29) is 5.91 Å². The Balaban J connectivity index is 1.33. The average Bonchev–Trinajstić information content (AvgIpc) is 2.87. The van der Waals surface area contributed by atoms with E-state index >= 15 is 0 Å². The van der Waals surface area contributed by atoms with Gasteiger partial charge in [-0.15, -0.1) is 0 Å². The molecule has 0 spiro atoms. The van der Waals surface area contributed by atoms with Gasteiger partial charge in [-0.25, -0.2) is 9.97 Å². The predicted octanol–water partition coefficient (Wildman–Crippen LogP) is 5.38. The van der Waals surface area contributed by atoms with Crippen molar-refractivity contribution in [1.82, 2.24) is 20.3 Å². The van der Waals surface area contributed by atoms with Gasteiger partial charge in [0.2, 0.25) is 0 Å². The highest BCUT2D eigenvalue weighted by molar-refractivity contribution is 7.98. The third kappa shape index (κ3) is 6.79. The fourth-order valence-corrected chi connectivity index (χ4v) is 4.30. The zero-order valence-corrected chi connectivity index (χ0v) is 20.3. The summed E-state index contributed by atoms with van der Waals surface area (Å²) in [6.45, 7) is 1.12. The lowest BCUT2D eigenvalue weighted by Crippen LogP contribution is -2.23. The molecule has 0 saturated carbocycles. The van der Waals surface area contributed by atoms with Crippen LogP contribution in [0.5, 0.6) is 0 Å². The molecule has 8 heteroatoms. The molecule has 34 heavy (non-hydrogen) atoms. The first-order valence-corrected chi connectivity index (χ1v) is 12.1. The van der Waals surface area contributed by atoms with Crippen LogP contribution in [0.1, 0.15) is 27.2 Å². The molecule has 0 aliphatic carbocycles. The number of carbonyl (C=O) groups is 1. The number of amides is 1. The second-order valence-corrected chi connectivity index (χ2v) is 8.99. The third-order valence-electron chi connectivity index (χ3n) is 5.05. The summed E-state index contributed by atoms with van der Waals surface area (Å²) in [4.78, 5) is 27.7. The van der Waals surface area contributed by atoms with E-state index in [9.17, 15) is 4.79 Å². The Morgan fingerprint density at radius 3 is 2.47 bits per heavy atom. The summed E-state index contributed by atoms with van der Waals surface area (Å²) in [6, 6.07) is 25.1. The number of nitrogens with one attached hydrogen (secondary N) is 1. The topological polar surface area (TPSA) is 71.0 Å². The van der Waals surface area contributed by atoms with E-state index in [0.29, 0.717) is 28.2 Å². The summed E-state index contributed by atoms with van der Waals surface area (Å²) in [5.74, 6) is 1.30. The Morgan fingerprint density at radius 2 is 1.74 bits per heavy atom. The van der Waals surface area contributed by atoms with Crippen LogP contribution in [0, 0.1) is 0 Å². The van der Waals surface area contributed by atoms with Crippen LogP contribution in [0.3, 0.4) is 0 Å². The van der Waals surface area contributed by atoms with Crippen LogP contribution < -0.4 is 10.2 Å². The van der Waals surface area contributed by atoms with Crippen molar-refractivity contribution in [2.45, 2.75) is 24.0 Å². The molecule has 2 aromatic carbocycles. The van der Waals surface area contributed by atoms with E-state index in [4.69, 9.17) is 11.6 Å². The maximum absolute atomic E-state index is 12.4. The van der Waals surface area contributed by atoms with Gasteiger partial charge >= 0.3 is 0 Å². The molecule has 2 aromatic heterocycles. The number of rotatable bonds is 9. The lowest BCUT2D eigenvalue weighted by Gasteiger charge is -2.19. The van der Waals surface area contributed by atoms with Gasteiger partial charge in [-0.1, -0.05) is 71.9 Å². The number of halogens is 1. The SMILES string of the molecule is CN(Cc1ccccc1)c1cc(Cl)nc(SCc2ccc(C(=O)NCc3ccccn3)cc2)n1. The van der Waals surface area contributed by atoms with Crippen molar-refractivity contribution < 1.29 is 4.79 Å². The van der Waals surface area contributed by atoms with E-state index < -0.39 is 0 Å². The highest BCUT2D eigenvalue weighted by Gasteiger charge is 2.10. The van der Waals surface area contributed by atoms with Crippen molar-refractivity contribution in [3.8, 4) is 0 Å². The molecule has 0 fully saturated rings. The van der Waals surface area contributed by atoms with Gasteiger partial charge in [0, 0.05) is 37.2 Å². The lowest BCUT2D eigenvalue weighted by molar-refractivity contribution is 0.0950. The van der Waals surface area contributed by atoms with E-state index in [2.05, 4.69) is 32.4 Å². The fourth-order valence-electron chi connectivity index (χ4n) is 3.26. The summed E-state index contributed by atoms with van der Waals surface area (Å²) >= 11 is 7.77. The minimum atomic E-state index is -0.130. The van der Waals surface area contributed by atoms with Crippen LogP contribution in [0.4, 0.5) is 5.82 Å². The molecule has 172 valence electrons. The number of pyridine rings is 1. The number of hydrogen-bond acceptors (Lipinski definition) is 6. The molecule has 6 nitrogen and oxygen atoms in total. The number of carbonyl (C=O) groups excluding carboxylic acids is 1. The van der Waals surface area contributed by atoms with Crippen molar-refractivity contribution >= 4 is 35.1 Å². The Hall–Kier alpha value is -3.42. The molecule has 1 amide bonds. The number of aromatic nitrogens is 3. The minimum Gasteiger partial charge on any atom is -0.355 e. The third-order valence-corrected chi connectivity index (χ3v) is 6.17. The summed E-state index contributed by atoms with van der Waals surface area (Å²) in [6.07, 6.45) is 1.71. The van der Waals surface area contributed by atoms with Gasteiger partial charge < -0.3 is 10.2 Å². The summed E-state index contributed by atoms with van der Waals surface area (Å²) < 4.78 is 0. The van der Waals surface area contributed by atoms with Gasteiger partial charge in [0.15, 0.2) is 5.16 Å². The Kier molecular flexibility index (Phi) is 8.12. The maximum atomic E-state index is 12.4. The van der Waals surface area contributed by atoms with Crippen LogP contribution in [0.25, 0.3) is 0 Å². The second kappa shape index (κ2) is 11.6. The first-order valence-electron chi connectivity index (χ1n) is 10.8. The number of nitrogens with zero attached hydrogens (tertiary/aromatic N) is 4. The molecular weight excluding hydrogens is 466 g/mol. The van der Waals surface area contributed by atoms with Gasteiger partial charge in [0.05, 0.1) is 12.2 Å². The van der Waals surface area contributed by atoms with Crippen LogP contribution in [0.2, 0.25) is 5.15 Å². The number of hydrogen-bond donors (Lipinski definition) is 1. The number of anilines is 1. The molecular formula is C26H24ClN5OS. The van der Waals surface area contributed by atoms with Crippen molar-refractivity contribution in [3.63, 3.8) is 0 Å². The zero-order chi connectivity index (χ0) is 23.8. The van der Waals surface area contributed by atoms with Gasteiger partial charge in [0.25, 0.3) is 5.91 Å². The predicted molar refractivity (Wildman–Crippen MR) is 137 cm³/mol. The molecule has 2 heterocycles. The smallest absolute Gasteiger partial charge is 0.251 e. The van der Waals surface area contributed by atoms with Crippen molar-refractivity contribution in [2.24, 2.45) is 0 Å². The normalized spacial score (nSPS) is 10.6. The molecule has 1 N–H and O–H groups in total. The monoisotopic (exact) mass is 489 g/mol. The van der Waals surface area contributed by atoms with Gasteiger partial charge in [-0.05, 0) is 35.4 Å². The van der Waals surface area contributed by atoms with E-state index in [0.717, 1.165) is 23.6 Å². The van der Waals surface area contributed by atoms with Crippen LogP contribution in [-0.2, 0) is 18.8 Å². The van der Waals surface area contributed by atoms with Crippen molar-refractivity contribution in [3.05, 3.63) is 113 Å². The molecule has 0 unspecified atom stereocenters. The van der Waals surface area contributed by atoms with E-state index in [1.54, 1.807) is 12.3 Å². The van der Waals surface area contributed by atoms with Crippen LogP contribution in [0.15, 0.2) is 90.2 Å². The van der Waals surface area contributed by atoms with Crippen LogP contribution in [-0.4, -0.2) is 27.9 Å². The van der Waals surface area contributed by atoms with Gasteiger partial charge in [-0.2, -0.15) is 0 Å². The molecule has 0 aliphatic heterocycles. The molecule has 4 rings (SSSR count). The minimum absolute atomic E-state index is 0.130. The molecule has 0 saturated heterocycles. The largest absolute Gasteiger partial charge is 0.355 e. The quantitative estimate of drug-likeness (QED) is 0.193. The van der Waals surface area contributed by atoms with Gasteiger partial charge in [-0.3, -0.25) is 9.78 Å². The highest BCUT2D eigenvalue weighted by Crippen LogP contribution is 2.25. The van der Waals surface area contributed by atoms with E-state index in [1.165, 1.54) is 17.3 Å². The van der Waals surface area contributed by atoms with E-state index in [1.807, 2.05) is 72.6 Å². The molecule has 4 aromatic rings. The molecule has 0 bridgehead atoms. The molecule has 0 aliphatic rings. The fraction of sp³-hybridized carbons (Fsp3) is 0.154. The standard InChI is InChI=1S/C26H24ClN5OS/c1-32(17-19-7-3-2-4-8-19)24-15-23(27)30-26(31-24)34-18-20-10-12-21(13-11-20)25(33)29-16-22-9-5-6-14-28-22/h2-15H,16-18H2,1H3,(H,29,33).